The smallest absolute Gasteiger partial charge is 0.138 e. The molecule has 0 saturated heterocycles. The monoisotopic (exact) mass is 302 g/mol. The average Bonchev–Trinajstić information content (AvgIpc) is 2.41. The molecule has 0 amide bonds. The van der Waals surface area contributed by atoms with Crippen molar-refractivity contribution in [3.8, 4) is 11.1 Å². The first-order chi connectivity index (χ1) is 8.79. The third kappa shape index (κ3) is 3.54. The highest BCUT2D eigenvalue weighted by Gasteiger charge is 2.03. The lowest BCUT2D eigenvalue weighted by atomic mass is 10.0. The molecular formula is C16H15BrO. The van der Waals surface area contributed by atoms with Crippen molar-refractivity contribution in [2.45, 2.75) is 12.8 Å². The fourth-order valence-electron chi connectivity index (χ4n) is 1.87. The lowest BCUT2D eigenvalue weighted by Crippen LogP contribution is -2.02. The maximum atomic E-state index is 11.5. The number of hydrogen-bond acceptors (Lipinski definition) is 1. The minimum Gasteiger partial charge on any atom is -0.299 e. The van der Waals surface area contributed by atoms with Gasteiger partial charge >= 0.3 is 0 Å². The van der Waals surface area contributed by atoms with Crippen LogP contribution in [0.25, 0.3) is 11.1 Å². The van der Waals surface area contributed by atoms with Crippen LogP contribution < -0.4 is 0 Å². The Hall–Kier alpha value is -1.41. The lowest BCUT2D eigenvalue weighted by Gasteiger charge is -2.04. The van der Waals surface area contributed by atoms with Gasteiger partial charge in [0.1, 0.15) is 5.78 Å². The number of carbonyl (C=O) groups is 1. The number of halogens is 1. The molecule has 0 N–H and O–H groups in total. The summed E-state index contributed by atoms with van der Waals surface area (Å²) >= 11 is 3.28. The van der Waals surface area contributed by atoms with Crippen molar-refractivity contribution in [3.63, 3.8) is 0 Å². The van der Waals surface area contributed by atoms with E-state index in [9.17, 15) is 4.79 Å². The van der Waals surface area contributed by atoms with Crippen LogP contribution in [0.1, 0.15) is 12.0 Å². The molecule has 0 saturated carbocycles. The minimum absolute atomic E-state index is 0.277. The Labute approximate surface area is 116 Å². The van der Waals surface area contributed by atoms with E-state index >= 15 is 0 Å². The average molecular weight is 303 g/mol. The van der Waals surface area contributed by atoms with Crippen molar-refractivity contribution < 1.29 is 4.79 Å². The maximum absolute atomic E-state index is 11.5. The fourth-order valence-corrected chi connectivity index (χ4v) is 2.31. The van der Waals surface area contributed by atoms with E-state index in [1.54, 1.807) is 0 Å². The summed E-state index contributed by atoms with van der Waals surface area (Å²) in [6.07, 6.45) is 1.13. The highest BCUT2D eigenvalue weighted by atomic mass is 79.9. The first-order valence-electron chi connectivity index (χ1n) is 6.01. The Balaban J connectivity index is 2.09. The van der Waals surface area contributed by atoms with Crippen molar-refractivity contribution in [2.24, 2.45) is 0 Å². The third-order valence-electron chi connectivity index (χ3n) is 2.84. The molecule has 0 aliphatic carbocycles. The number of Topliss-reactive ketones (excluding diaryl/α,β-unsaturated/α-hetero) is 1. The third-order valence-corrected chi connectivity index (χ3v) is 3.23. The molecule has 0 heterocycles. The van der Waals surface area contributed by atoms with Crippen molar-refractivity contribution in [1.82, 2.24) is 0 Å². The molecular weight excluding hydrogens is 288 g/mol. The lowest BCUT2D eigenvalue weighted by molar-refractivity contribution is -0.118. The zero-order valence-corrected chi connectivity index (χ0v) is 11.7. The topological polar surface area (TPSA) is 17.1 Å². The summed E-state index contributed by atoms with van der Waals surface area (Å²) in [4.78, 5) is 11.5. The summed E-state index contributed by atoms with van der Waals surface area (Å²) in [5, 5.41) is 0.744. The molecule has 0 unspecified atom stereocenters. The van der Waals surface area contributed by atoms with E-state index in [4.69, 9.17) is 0 Å². The Morgan fingerprint density at radius 1 is 0.889 bits per heavy atom. The Morgan fingerprint density at radius 2 is 1.50 bits per heavy atom. The predicted octanol–water partition coefficient (Wildman–Crippen LogP) is 4.25. The van der Waals surface area contributed by atoms with Crippen LogP contribution in [0.3, 0.4) is 0 Å². The molecule has 18 heavy (non-hydrogen) atoms. The van der Waals surface area contributed by atoms with Crippen LogP contribution in [-0.4, -0.2) is 11.1 Å². The van der Waals surface area contributed by atoms with Gasteiger partial charge in [-0.1, -0.05) is 70.5 Å². The fraction of sp³-hybridized carbons (Fsp3) is 0.188. The van der Waals surface area contributed by atoms with Gasteiger partial charge in [0.15, 0.2) is 0 Å². The predicted molar refractivity (Wildman–Crippen MR) is 79.0 cm³/mol. The number of alkyl halides is 1. The van der Waals surface area contributed by atoms with Crippen molar-refractivity contribution >= 4 is 21.7 Å². The zero-order valence-electron chi connectivity index (χ0n) is 10.1. The van der Waals surface area contributed by atoms with Gasteiger partial charge in [-0.3, -0.25) is 4.79 Å². The van der Waals surface area contributed by atoms with Gasteiger partial charge in [-0.2, -0.15) is 0 Å². The highest BCUT2D eigenvalue weighted by molar-refractivity contribution is 9.09. The SMILES string of the molecule is O=C(CCBr)Cc1ccc(-c2ccccc2)cc1. The second kappa shape index (κ2) is 6.50. The summed E-state index contributed by atoms with van der Waals surface area (Å²) in [6.45, 7) is 0. The Bertz CT molecular complexity index is 502. The summed E-state index contributed by atoms with van der Waals surface area (Å²) < 4.78 is 0. The summed E-state index contributed by atoms with van der Waals surface area (Å²) in [7, 11) is 0. The van der Waals surface area contributed by atoms with Crippen LogP contribution in [0.15, 0.2) is 54.6 Å². The van der Waals surface area contributed by atoms with Crippen LogP contribution in [-0.2, 0) is 11.2 Å². The first-order valence-corrected chi connectivity index (χ1v) is 7.14. The van der Waals surface area contributed by atoms with Crippen molar-refractivity contribution in [1.29, 1.82) is 0 Å². The molecule has 0 aliphatic heterocycles. The van der Waals surface area contributed by atoms with Crippen LogP contribution >= 0.6 is 15.9 Å². The number of benzene rings is 2. The van der Waals surface area contributed by atoms with Gasteiger partial charge in [-0.15, -0.1) is 0 Å². The van der Waals surface area contributed by atoms with Gasteiger partial charge in [0.05, 0.1) is 0 Å². The van der Waals surface area contributed by atoms with Gasteiger partial charge in [-0.05, 0) is 16.7 Å². The first kappa shape index (κ1) is 13.0. The van der Waals surface area contributed by atoms with Crippen LogP contribution in [0.4, 0.5) is 0 Å². The normalized spacial score (nSPS) is 10.3. The van der Waals surface area contributed by atoms with Gasteiger partial charge in [0.2, 0.25) is 0 Å². The quantitative estimate of drug-likeness (QED) is 0.755. The van der Waals surface area contributed by atoms with E-state index in [-0.39, 0.29) is 5.78 Å². The van der Waals surface area contributed by atoms with Crippen LogP contribution in [0, 0.1) is 0 Å². The number of carbonyl (C=O) groups excluding carboxylic acids is 1. The maximum Gasteiger partial charge on any atom is 0.138 e. The van der Waals surface area contributed by atoms with E-state index < -0.39 is 0 Å². The standard InChI is InChI=1S/C16H15BrO/c17-11-10-16(18)12-13-6-8-15(9-7-13)14-4-2-1-3-5-14/h1-9H,10-12H2. The summed E-state index contributed by atoms with van der Waals surface area (Å²) in [6, 6.07) is 18.5. The molecule has 0 aliphatic rings. The largest absolute Gasteiger partial charge is 0.299 e. The van der Waals surface area contributed by atoms with Crippen molar-refractivity contribution in [2.75, 3.05) is 5.33 Å². The molecule has 2 aromatic carbocycles. The minimum atomic E-state index is 0.277. The van der Waals surface area contributed by atoms with E-state index in [1.807, 2.05) is 30.3 Å². The highest BCUT2D eigenvalue weighted by Crippen LogP contribution is 2.19. The molecule has 0 radical (unpaired) electrons. The number of hydrogen-bond donors (Lipinski definition) is 0. The summed E-state index contributed by atoms with van der Waals surface area (Å²) in [5.41, 5.74) is 3.48. The molecule has 0 atom stereocenters. The molecule has 2 aromatic rings. The molecule has 2 rings (SSSR count). The van der Waals surface area contributed by atoms with Crippen LogP contribution in [0.5, 0.6) is 0 Å². The second-order valence-corrected chi connectivity index (χ2v) is 5.01. The van der Waals surface area contributed by atoms with Gasteiger partial charge < -0.3 is 0 Å². The summed E-state index contributed by atoms with van der Waals surface area (Å²) in [5.74, 6) is 0.277. The molecule has 0 bridgehead atoms. The molecule has 0 aromatic heterocycles. The molecule has 1 nitrogen and oxygen atoms in total. The zero-order chi connectivity index (χ0) is 12.8. The van der Waals surface area contributed by atoms with E-state index in [2.05, 4.69) is 40.2 Å². The molecule has 92 valence electrons. The Morgan fingerprint density at radius 3 is 2.11 bits per heavy atom. The molecule has 0 fully saturated rings. The second-order valence-electron chi connectivity index (χ2n) is 4.22. The Kier molecular flexibility index (Phi) is 4.71. The van der Waals surface area contributed by atoms with E-state index in [0.717, 1.165) is 10.9 Å². The number of rotatable bonds is 5. The van der Waals surface area contributed by atoms with E-state index in [0.29, 0.717) is 12.8 Å². The van der Waals surface area contributed by atoms with Crippen molar-refractivity contribution in [3.05, 3.63) is 60.2 Å². The number of ketones is 1. The van der Waals surface area contributed by atoms with Gasteiger partial charge in [0.25, 0.3) is 0 Å². The molecule has 0 spiro atoms. The van der Waals surface area contributed by atoms with Crippen LogP contribution in [0.2, 0.25) is 0 Å². The van der Waals surface area contributed by atoms with Gasteiger partial charge in [-0.25, -0.2) is 0 Å². The van der Waals surface area contributed by atoms with Gasteiger partial charge in [0, 0.05) is 18.2 Å². The molecule has 2 heteroatoms. The van der Waals surface area contributed by atoms with E-state index in [1.165, 1.54) is 11.1 Å².